The largest absolute Gasteiger partial charge is 0.351 e. The molecule has 2 aliphatic heterocycles. The SMILES string of the molecule is Cc1ccc(CCC(C)(C)C(=O)NCc2scc3c2CN(C2CCC(=O)NC2=O)C3=O)cc1Cl. The fraction of sp³-hybridized carbons (Fsp3) is 0.440. The van der Waals surface area contributed by atoms with Crippen molar-refractivity contribution in [2.45, 2.75) is 65.6 Å². The molecule has 4 rings (SSSR count). The highest BCUT2D eigenvalue weighted by atomic mass is 35.5. The first-order chi connectivity index (χ1) is 16.1. The molecule has 0 saturated carbocycles. The molecule has 7 nitrogen and oxygen atoms in total. The first kappa shape index (κ1) is 24.4. The molecule has 34 heavy (non-hydrogen) atoms. The van der Waals surface area contributed by atoms with E-state index in [0.29, 0.717) is 31.5 Å². The Morgan fingerprint density at radius 2 is 2.06 bits per heavy atom. The fourth-order valence-corrected chi connectivity index (χ4v) is 5.49. The second kappa shape index (κ2) is 9.50. The van der Waals surface area contributed by atoms with Gasteiger partial charge in [-0.05, 0) is 48.9 Å². The van der Waals surface area contributed by atoms with Crippen LogP contribution in [0.15, 0.2) is 23.6 Å². The number of aryl methyl sites for hydroxylation is 2. The molecule has 180 valence electrons. The Labute approximate surface area is 207 Å². The molecule has 0 bridgehead atoms. The molecule has 1 unspecified atom stereocenters. The van der Waals surface area contributed by atoms with Crippen LogP contribution in [0.5, 0.6) is 0 Å². The Balaban J connectivity index is 1.36. The number of nitrogens with zero attached hydrogens (tertiary/aromatic N) is 1. The molecule has 1 aromatic carbocycles. The van der Waals surface area contributed by atoms with E-state index >= 15 is 0 Å². The smallest absolute Gasteiger partial charge is 0.256 e. The second-order valence-corrected chi connectivity index (χ2v) is 11.0. The molecule has 4 amide bonds. The molecule has 2 N–H and O–H groups in total. The molecule has 0 aliphatic carbocycles. The van der Waals surface area contributed by atoms with Crippen LogP contribution in [0.25, 0.3) is 0 Å². The Morgan fingerprint density at radius 3 is 2.76 bits per heavy atom. The van der Waals surface area contributed by atoms with Crippen molar-refractivity contribution < 1.29 is 19.2 Å². The number of halogens is 1. The molecule has 9 heteroatoms. The molecule has 3 heterocycles. The topological polar surface area (TPSA) is 95.6 Å². The first-order valence-corrected chi connectivity index (χ1v) is 12.6. The monoisotopic (exact) mass is 501 g/mol. The minimum Gasteiger partial charge on any atom is -0.351 e. The van der Waals surface area contributed by atoms with Crippen LogP contribution in [0.1, 0.15) is 65.0 Å². The van der Waals surface area contributed by atoms with E-state index in [1.54, 1.807) is 5.38 Å². The number of piperidine rings is 1. The normalized spacial score (nSPS) is 18.2. The predicted octanol–water partition coefficient (Wildman–Crippen LogP) is 3.75. The number of carbonyl (C=O) groups is 4. The highest BCUT2D eigenvalue weighted by Crippen LogP contribution is 2.34. The van der Waals surface area contributed by atoms with Crippen LogP contribution in [-0.4, -0.2) is 34.6 Å². The van der Waals surface area contributed by atoms with Gasteiger partial charge in [0.2, 0.25) is 17.7 Å². The van der Waals surface area contributed by atoms with Crippen molar-refractivity contribution >= 4 is 46.6 Å². The van der Waals surface area contributed by atoms with Gasteiger partial charge < -0.3 is 10.2 Å². The van der Waals surface area contributed by atoms with E-state index < -0.39 is 17.4 Å². The summed E-state index contributed by atoms with van der Waals surface area (Å²) in [5, 5.41) is 7.86. The van der Waals surface area contributed by atoms with E-state index in [1.807, 2.05) is 39.0 Å². The van der Waals surface area contributed by atoms with Gasteiger partial charge in [-0.15, -0.1) is 11.3 Å². The van der Waals surface area contributed by atoms with Gasteiger partial charge in [0.05, 0.1) is 12.1 Å². The highest BCUT2D eigenvalue weighted by molar-refractivity contribution is 7.10. The van der Waals surface area contributed by atoms with E-state index in [2.05, 4.69) is 10.6 Å². The molecule has 0 spiro atoms. The second-order valence-electron chi connectivity index (χ2n) is 9.60. The van der Waals surface area contributed by atoms with Crippen LogP contribution in [-0.2, 0) is 33.9 Å². The van der Waals surface area contributed by atoms with Gasteiger partial charge in [0, 0.05) is 33.7 Å². The number of rotatable bonds is 7. The van der Waals surface area contributed by atoms with E-state index in [1.165, 1.54) is 16.2 Å². The number of hydrogen-bond donors (Lipinski definition) is 2. The Kier molecular flexibility index (Phi) is 6.82. The average Bonchev–Trinajstić information content (AvgIpc) is 3.33. The quantitative estimate of drug-likeness (QED) is 0.565. The van der Waals surface area contributed by atoms with Crippen LogP contribution in [0.2, 0.25) is 5.02 Å². The summed E-state index contributed by atoms with van der Waals surface area (Å²) in [5.74, 6) is -0.988. The fourth-order valence-electron chi connectivity index (χ4n) is 4.31. The summed E-state index contributed by atoms with van der Waals surface area (Å²) in [5.41, 5.74) is 2.98. The standard InChI is InChI=1S/C25H28ClN3O4S/c1-14-4-5-15(10-18(14)26)8-9-25(2,3)24(33)27-11-20-16-12-29(23(32)17(16)13-34-20)19-6-7-21(30)28-22(19)31/h4-5,10,13,19H,6-9,11-12H2,1-3H3,(H,27,33)(H,28,30,31). The summed E-state index contributed by atoms with van der Waals surface area (Å²) in [4.78, 5) is 51.9. The number of thiophene rings is 1. The third-order valence-electron chi connectivity index (χ3n) is 6.69. The first-order valence-electron chi connectivity index (χ1n) is 11.3. The van der Waals surface area contributed by atoms with Gasteiger partial charge in [-0.2, -0.15) is 0 Å². The summed E-state index contributed by atoms with van der Waals surface area (Å²) in [6.07, 6.45) is 1.96. The van der Waals surface area contributed by atoms with Crippen LogP contribution in [0.4, 0.5) is 0 Å². The molecule has 2 aliphatic rings. The van der Waals surface area contributed by atoms with Crippen molar-refractivity contribution in [3.05, 3.63) is 55.7 Å². The van der Waals surface area contributed by atoms with Crippen molar-refractivity contribution in [3.8, 4) is 0 Å². The van der Waals surface area contributed by atoms with Crippen LogP contribution in [0.3, 0.4) is 0 Å². The molecule has 0 radical (unpaired) electrons. The van der Waals surface area contributed by atoms with Gasteiger partial charge in [0.15, 0.2) is 0 Å². The number of carbonyl (C=O) groups excluding carboxylic acids is 4. The van der Waals surface area contributed by atoms with E-state index in [0.717, 1.165) is 33.0 Å². The van der Waals surface area contributed by atoms with Gasteiger partial charge in [0.25, 0.3) is 5.91 Å². The zero-order valence-electron chi connectivity index (χ0n) is 19.5. The number of nitrogens with one attached hydrogen (secondary N) is 2. The van der Waals surface area contributed by atoms with E-state index in [9.17, 15) is 19.2 Å². The molecular weight excluding hydrogens is 474 g/mol. The predicted molar refractivity (Wildman–Crippen MR) is 131 cm³/mol. The third-order valence-corrected chi connectivity index (χ3v) is 8.12. The summed E-state index contributed by atoms with van der Waals surface area (Å²) in [6.45, 7) is 6.45. The number of amides is 4. The average molecular weight is 502 g/mol. The van der Waals surface area contributed by atoms with Crippen molar-refractivity contribution in [1.82, 2.24) is 15.5 Å². The number of hydrogen-bond acceptors (Lipinski definition) is 5. The zero-order chi connectivity index (χ0) is 24.6. The van der Waals surface area contributed by atoms with E-state index in [-0.39, 0.29) is 24.1 Å². The van der Waals surface area contributed by atoms with E-state index in [4.69, 9.17) is 11.6 Å². The zero-order valence-corrected chi connectivity index (χ0v) is 21.1. The lowest BCUT2D eigenvalue weighted by atomic mass is 9.85. The lowest BCUT2D eigenvalue weighted by molar-refractivity contribution is -0.137. The summed E-state index contributed by atoms with van der Waals surface area (Å²) < 4.78 is 0. The molecule has 1 saturated heterocycles. The van der Waals surface area contributed by atoms with Crippen LogP contribution in [0, 0.1) is 12.3 Å². The Morgan fingerprint density at radius 1 is 1.29 bits per heavy atom. The van der Waals surface area contributed by atoms with Crippen molar-refractivity contribution in [2.75, 3.05) is 0 Å². The van der Waals surface area contributed by atoms with Gasteiger partial charge in [-0.1, -0.05) is 37.6 Å². The van der Waals surface area contributed by atoms with Crippen molar-refractivity contribution in [1.29, 1.82) is 0 Å². The van der Waals surface area contributed by atoms with Gasteiger partial charge >= 0.3 is 0 Å². The third kappa shape index (κ3) is 4.88. The molecule has 1 atom stereocenters. The Hall–Kier alpha value is -2.71. The van der Waals surface area contributed by atoms with Crippen molar-refractivity contribution in [2.24, 2.45) is 5.41 Å². The summed E-state index contributed by atoms with van der Waals surface area (Å²) in [7, 11) is 0. The maximum atomic E-state index is 13.0. The molecule has 1 aromatic heterocycles. The summed E-state index contributed by atoms with van der Waals surface area (Å²) >= 11 is 7.66. The minimum absolute atomic E-state index is 0.0563. The van der Waals surface area contributed by atoms with Gasteiger partial charge in [0.1, 0.15) is 6.04 Å². The maximum absolute atomic E-state index is 13.0. The Bertz CT molecular complexity index is 1170. The van der Waals surface area contributed by atoms with Crippen molar-refractivity contribution in [3.63, 3.8) is 0 Å². The summed E-state index contributed by atoms with van der Waals surface area (Å²) in [6, 6.07) is 5.33. The lowest BCUT2D eigenvalue weighted by Crippen LogP contribution is -2.52. The van der Waals surface area contributed by atoms with Crippen LogP contribution >= 0.6 is 22.9 Å². The lowest BCUT2D eigenvalue weighted by Gasteiger charge is -2.29. The molecular formula is C25H28ClN3O4S. The minimum atomic E-state index is -0.640. The number of imide groups is 1. The van der Waals surface area contributed by atoms with Gasteiger partial charge in [-0.25, -0.2) is 0 Å². The highest BCUT2D eigenvalue weighted by Gasteiger charge is 2.40. The molecule has 2 aromatic rings. The number of fused-ring (bicyclic) bond motifs is 1. The maximum Gasteiger partial charge on any atom is 0.256 e. The van der Waals surface area contributed by atoms with Crippen LogP contribution < -0.4 is 10.6 Å². The molecule has 1 fully saturated rings. The number of benzene rings is 1. The van der Waals surface area contributed by atoms with Gasteiger partial charge in [-0.3, -0.25) is 24.5 Å².